The Bertz CT molecular complexity index is 1050. The van der Waals surface area contributed by atoms with Crippen LogP contribution in [0, 0.1) is 0 Å². The predicted molar refractivity (Wildman–Crippen MR) is 108 cm³/mol. The zero-order valence-electron chi connectivity index (χ0n) is 15.8. The summed E-state index contributed by atoms with van der Waals surface area (Å²) in [6.07, 6.45) is 4.28. The summed E-state index contributed by atoms with van der Waals surface area (Å²) in [5, 5.41) is 2.96. The van der Waals surface area contributed by atoms with Crippen molar-refractivity contribution in [3.63, 3.8) is 0 Å². The van der Waals surface area contributed by atoms with Gasteiger partial charge in [-0.05, 0) is 47.5 Å². The van der Waals surface area contributed by atoms with E-state index in [1.807, 2.05) is 30.5 Å². The second kappa shape index (κ2) is 7.47. The molecule has 6 heteroatoms. The highest BCUT2D eigenvalue weighted by Gasteiger charge is 2.24. The van der Waals surface area contributed by atoms with E-state index in [1.54, 1.807) is 24.4 Å². The van der Waals surface area contributed by atoms with Crippen molar-refractivity contribution in [1.29, 1.82) is 0 Å². The number of benzene rings is 2. The van der Waals surface area contributed by atoms with Crippen molar-refractivity contribution in [3.8, 4) is 28.4 Å². The second-order valence-corrected chi connectivity index (χ2v) is 7.08. The van der Waals surface area contributed by atoms with E-state index < -0.39 is 0 Å². The van der Waals surface area contributed by atoms with Gasteiger partial charge in [0.25, 0.3) is 5.91 Å². The largest absolute Gasteiger partial charge is 0.488 e. The number of amides is 1. The number of ether oxygens (including phenoxy) is 3. The van der Waals surface area contributed by atoms with Crippen molar-refractivity contribution in [2.45, 2.75) is 12.5 Å². The van der Waals surface area contributed by atoms with E-state index in [0.29, 0.717) is 36.8 Å². The van der Waals surface area contributed by atoms with E-state index in [9.17, 15) is 4.79 Å². The molecule has 2 aliphatic heterocycles. The molecule has 2 aromatic carbocycles. The van der Waals surface area contributed by atoms with Crippen molar-refractivity contribution in [3.05, 3.63) is 72.1 Å². The number of pyridine rings is 1. The van der Waals surface area contributed by atoms with Crippen molar-refractivity contribution in [2.24, 2.45) is 0 Å². The minimum absolute atomic E-state index is 0.0877. The Labute approximate surface area is 168 Å². The van der Waals surface area contributed by atoms with Crippen LogP contribution in [0.3, 0.4) is 0 Å². The van der Waals surface area contributed by atoms with Crippen molar-refractivity contribution < 1.29 is 19.0 Å². The molecule has 1 amide bonds. The molecule has 0 aliphatic carbocycles. The maximum Gasteiger partial charge on any atom is 0.251 e. The van der Waals surface area contributed by atoms with Crippen LogP contribution in [0.5, 0.6) is 17.2 Å². The first-order valence-corrected chi connectivity index (χ1v) is 9.64. The lowest BCUT2D eigenvalue weighted by Crippen LogP contribution is -2.34. The Morgan fingerprint density at radius 2 is 1.86 bits per heavy atom. The molecule has 0 unspecified atom stereocenters. The fourth-order valence-corrected chi connectivity index (χ4v) is 3.64. The number of carbonyl (C=O) groups is 1. The summed E-state index contributed by atoms with van der Waals surface area (Å²) in [5.74, 6) is 2.00. The third-order valence-electron chi connectivity index (χ3n) is 5.09. The normalized spacial score (nSPS) is 16.6. The third kappa shape index (κ3) is 3.61. The number of nitrogens with one attached hydrogen (secondary N) is 1. The molecule has 6 nitrogen and oxygen atoms in total. The molecule has 1 atom stereocenters. The second-order valence-electron chi connectivity index (χ2n) is 7.08. The monoisotopic (exact) mass is 388 g/mol. The molecule has 1 aromatic heterocycles. The summed E-state index contributed by atoms with van der Waals surface area (Å²) in [5.41, 5.74) is 3.88. The van der Waals surface area contributed by atoms with E-state index in [4.69, 9.17) is 14.2 Å². The molecule has 146 valence electrons. The van der Waals surface area contributed by atoms with Gasteiger partial charge < -0.3 is 19.5 Å². The minimum Gasteiger partial charge on any atom is -0.488 e. The van der Waals surface area contributed by atoms with Gasteiger partial charge in [0.2, 0.25) is 0 Å². The van der Waals surface area contributed by atoms with E-state index in [0.717, 1.165) is 28.9 Å². The van der Waals surface area contributed by atoms with Crippen LogP contribution < -0.4 is 19.5 Å². The average Bonchev–Trinajstić information content (AvgIpc) is 3.20. The van der Waals surface area contributed by atoms with Crippen LogP contribution in [-0.4, -0.2) is 36.8 Å². The summed E-state index contributed by atoms with van der Waals surface area (Å²) in [7, 11) is 0. The molecule has 0 fully saturated rings. The minimum atomic E-state index is -0.155. The van der Waals surface area contributed by atoms with Gasteiger partial charge in [0.15, 0.2) is 11.5 Å². The standard InChI is InChI=1S/C23H20N2O4/c26-23(16-4-6-21-22(12-16)28-9-8-27-21)25-14-19-11-18-10-15(3-5-20(18)29-19)17-2-1-7-24-13-17/h1-7,10,12-13,19H,8-9,11,14H2,(H,25,26)/t19-/m1/s1. The van der Waals surface area contributed by atoms with Gasteiger partial charge in [-0.1, -0.05) is 12.1 Å². The van der Waals surface area contributed by atoms with Gasteiger partial charge in [-0.3, -0.25) is 9.78 Å². The van der Waals surface area contributed by atoms with Crippen molar-refractivity contribution in [1.82, 2.24) is 10.3 Å². The molecular formula is C23H20N2O4. The number of fused-ring (bicyclic) bond motifs is 2. The molecule has 1 N–H and O–H groups in total. The summed E-state index contributed by atoms with van der Waals surface area (Å²) >= 11 is 0. The molecule has 5 rings (SSSR count). The van der Waals surface area contributed by atoms with Gasteiger partial charge in [-0.2, -0.15) is 0 Å². The zero-order valence-corrected chi connectivity index (χ0v) is 15.8. The smallest absolute Gasteiger partial charge is 0.251 e. The van der Waals surface area contributed by atoms with Crippen LogP contribution in [0.4, 0.5) is 0 Å². The molecule has 0 saturated heterocycles. The Balaban J connectivity index is 1.22. The van der Waals surface area contributed by atoms with Gasteiger partial charge in [0, 0.05) is 29.9 Å². The maximum atomic E-state index is 12.5. The lowest BCUT2D eigenvalue weighted by molar-refractivity contribution is 0.0932. The summed E-state index contributed by atoms with van der Waals surface area (Å²) in [4.78, 5) is 16.7. The first-order valence-electron chi connectivity index (χ1n) is 9.64. The van der Waals surface area contributed by atoms with Crippen LogP contribution in [0.15, 0.2) is 60.9 Å². The van der Waals surface area contributed by atoms with Crippen LogP contribution >= 0.6 is 0 Å². The zero-order chi connectivity index (χ0) is 19.6. The number of hydrogen-bond donors (Lipinski definition) is 1. The first kappa shape index (κ1) is 17.6. The first-order chi connectivity index (χ1) is 14.3. The SMILES string of the molecule is O=C(NC[C@H]1Cc2cc(-c3cccnc3)ccc2O1)c1ccc2c(c1)OCCO2. The topological polar surface area (TPSA) is 69.7 Å². The van der Waals surface area contributed by atoms with Crippen LogP contribution in [0.2, 0.25) is 0 Å². The number of rotatable bonds is 4. The molecule has 29 heavy (non-hydrogen) atoms. The Morgan fingerprint density at radius 1 is 1.00 bits per heavy atom. The van der Waals surface area contributed by atoms with Gasteiger partial charge in [0.1, 0.15) is 25.1 Å². The number of aromatic nitrogens is 1. The Morgan fingerprint density at radius 3 is 2.72 bits per heavy atom. The Hall–Kier alpha value is -3.54. The summed E-state index contributed by atoms with van der Waals surface area (Å²) in [6.45, 7) is 1.46. The molecule has 0 radical (unpaired) electrons. The highest BCUT2D eigenvalue weighted by Crippen LogP contribution is 2.33. The van der Waals surface area contributed by atoms with Crippen LogP contribution in [0.1, 0.15) is 15.9 Å². The summed E-state index contributed by atoms with van der Waals surface area (Å²) < 4.78 is 17.0. The predicted octanol–water partition coefficient (Wildman–Crippen LogP) is 3.25. The molecule has 3 aromatic rings. The molecule has 0 bridgehead atoms. The quantitative estimate of drug-likeness (QED) is 0.743. The lowest BCUT2D eigenvalue weighted by Gasteiger charge is -2.19. The van der Waals surface area contributed by atoms with Gasteiger partial charge >= 0.3 is 0 Å². The van der Waals surface area contributed by atoms with Crippen molar-refractivity contribution >= 4 is 5.91 Å². The fraction of sp³-hybridized carbons (Fsp3) is 0.217. The highest BCUT2D eigenvalue weighted by atomic mass is 16.6. The lowest BCUT2D eigenvalue weighted by atomic mass is 10.0. The van der Waals surface area contributed by atoms with Gasteiger partial charge in [-0.15, -0.1) is 0 Å². The fourth-order valence-electron chi connectivity index (χ4n) is 3.64. The van der Waals surface area contributed by atoms with E-state index >= 15 is 0 Å². The number of carbonyl (C=O) groups excluding carboxylic acids is 1. The van der Waals surface area contributed by atoms with E-state index in [1.165, 1.54) is 0 Å². The maximum absolute atomic E-state index is 12.5. The van der Waals surface area contributed by atoms with E-state index in [2.05, 4.69) is 16.4 Å². The molecule has 0 spiro atoms. The molecule has 3 heterocycles. The van der Waals surface area contributed by atoms with Crippen LogP contribution in [0.25, 0.3) is 11.1 Å². The molecule has 2 aliphatic rings. The number of hydrogen-bond acceptors (Lipinski definition) is 5. The molecule has 0 saturated carbocycles. The average molecular weight is 388 g/mol. The van der Waals surface area contributed by atoms with Crippen LogP contribution in [-0.2, 0) is 6.42 Å². The van der Waals surface area contributed by atoms with Gasteiger partial charge in [0.05, 0.1) is 6.54 Å². The summed E-state index contributed by atoms with van der Waals surface area (Å²) in [6, 6.07) is 15.3. The third-order valence-corrected chi connectivity index (χ3v) is 5.09. The van der Waals surface area contributed by atoms with E-state index in [-0.39, 0.29) is 12.0 Å². The molecular weight excluding hydrogens is 368 g/mol. The van der Waals surface area contributed by atoms with Crippen molar-refractivity contribution in [2.75, 3.05) is 19.8 Å². The highest BCUT2D eigenvalue weighted by molar-refractivity contribution is 5.94. The number of nitrogens with zero attached hydrogens (tertiary/aromatic N) is 1. The Kier molecular flexibility index (Phi) is 4.52. The van der Waals surface area contributed by atoms with Gasteiger partial charge in [-0.25, -0.2) is 0 Å².